The Hall–Kier alpha value is -1.20. The number of nitrogens with zero attached hydrogens (tertiary/aromatic N) is 3. The zero-order valence-electron chi connectivity index (χ0n) is 12.4. The minimum atomic E-state index is 0.254. The Bertz CT molecular complexity index is 436. The van der Waals surface area contributed by atoms with Crippen molar-refractivity contribution in [2.75, 3.05) is 33.8 Å². The molecule has 1 atom stereocenters. The molecule has 5 heteroatoms. The smallest absolute Gasteiger partial charge is 0.163 e. The van der Waals surface area contributed by atoms with E-state index in [0.29, 0.717) is 0 Å². The van der Waals surface area contributed by atoms with Crippen molar-refractivity contribution in [2.24, 2.45) is 0 Å². The maximum Gasteiger partial charge on any atom is 0.163 e. The molecule has 1 aromatic rings. The number of aryl methyl sites for hydroxylation is 2. The Morgan fingerprint density at radius 1 is 1.42 bits per heavy atom. The molecule has 1 aliphatic rings. The Morgan fingerprint density at radius 2 is 2.21 bits per heavy atom. The molecule has 0 radical (unpaired) electrons. The Kier molecular flexibility index (Phi) is 4.71. The molecular formula is C14H24N4O. The highest BCUT2D eigenvalue weighted by atomic mass is 16.5. The number of nitrogens with one attached hydrogen (secondary N) is 1. The van der Waals surface area contributed by atoms with Crippen LogP contribution in [0.15, 0.2) is 0 Å². The van der Waals surface area contributed by atoms with E-state index in [2.05, 4.69) is 34.2 Å². The second-order valence-electron chi connectivity index (χ2n) is 5.04. The summed E-state index contributed by atoms with van der Waals surface area (Å²) in [5.41, 5.74) is 2.02. The standard InChI is InChI=1S/C14H24N4O/c1-5-11-14(19-4)13(17-10(2)16-11)12-9-15-7-6-8-18(12)3/h12,15H,5-9H2,1-4H3. The quantitative estimate of drug-likeness (QED) is 0.892. The summed E-state index contributed by atoms with van der Waals surface area (Å²) in [5.74, 6) is 1.68. The lowest BCUT2D eigenvalue weighted by molar-refractivity contribution is 0.248. The van der Waals surface area contributed by atoms with Crippen LogP contribution in [-0.4, -0.2) is 48.7 Å². The van der Waals surface area contributed by atoms with E-state index < -0.39 is 0 Å². The van der Waals surface area contributed by atoms with Crippen LogP contribution < -0.4 is 10.1 Å². The van der Waals surface area contributed by atoms with Gasteiger partial charge in [-0.05, 0) is 39.9 Å². The van der Waals surface area contributed by atoms with Crippen molar-refractivity contribution >= 4 is 0 Å². The summed E-state index contributed by atoms with van der Waals surface area (Å²) < 4.78 is 5.59. The van der Waals surface area contributed by atoms with E-state index in [1.165, 1.54) is 6.42 Å². The van der Waals surface area contributed by atoms with Gasteiger partial charge >= 0.3 is 0 Å². The van der Waals surface area contributed by atoms with Crippen molar-refractivity contribution in [3.8, 4) is 5.75 Å². The van der Waals surface area contributed by atoms with Gasteiger partial charge in [0.15, 0.2) is 5.75 Å². The van der Waals surface area contributed by atoms with Crippen LogP contribution in [0, 0.1) is 6.92 Å². The zero-order valence-corrected chi connectivity index (χ0v) is 12.4. The molecule has 0 spiro atoms. The lowest BCUT2D eigenvalue weighted by Gasteiger charge is -2.27. The molecule has 106 valence electrons. The summed E-state index contributed by atoms with van der Waals surface area (Å²) in [4.78, 5) is 11.5. The van der Waals surface area contributed by atoms with Gasteiger partial charge < -0.3 is 10.1 Å². The molecule has 1 unspecified atom stereocenters. The molecule has 1 aliphatic heterocycles. The van der Waals surface area contributed by atoms with Gasteiger partial charge in [0, 0.05) is 6.54 Å². The van der Waals surface area contributed by atoms with E-state index in [1.54, 1.807) is 7.11 Å². The minimum absolute atomic E-state index is 0.254. The van der Waals surface area contributed by atoms with Gasteiger partial charge in [0.2, 0.25) is 0 Å². The maximum atomic E-state index is 5.59. The van der Waals surface area contributed by atoms with Crippen LogP contribution in [0.1, 0.15) is 36.6 Å². The first-order chi connectivity index (χ1) is 9.17. The monoisotopic (exact) mass is 264 g/mol. The molecule has 0 aliphatic carbocycles. The highest BCUT2D eigenvalue weighted by molar-refractivity contribution is 5.36. The number of methoxy groups -OCH3 is 1. The molecule has 0 aromatic carbocycles. The van der Waals surface area contributed by atoms with Crippen LogP contribution in [0.5, 0.6) is 5.75 Å². The van der Waals surface area contributed by atoms with Crippen molar-refractivity contribution in [1.82, 2.24) is 20.2 Å². The van der Waals surface area contributed by atoms with Crippen molar-refractivity contribution in [2.45, 2.75) is 32.7 Å². The first-order valence-corrected chi connectivity index (χ1v) is 6.99. The van der Waals surface area contributed by atoms with E-state index in [9.17, 15) is 0 Å². The summed E-state index contributed by atoms with van der Waals surface area (Å²) in [5, 5.41) is 3.48. The van der Waals surface area contributed by atoms with E-state index in [0.717, 1.165) is 49.0 Å². The molecule has 0 amide bonds. The topological polar surface area (TPSA) is 50.3 Å². The molecule has 2 rings (SSSR count). The van der Waals surface area contributed by atoms with Crippen LogP contribution >= 0.6 is 0 Å². The lowest BCUT2D eigenvalue weighted by atomic mass is 10.1. The molecule has 1 fully saturated rings. The van der Waals surface area contributed by atoms with Crippen molar-refractivity contribution in [3.05, 3.63) is 17.2 Å². The van der Waals surface area contributed by atoms with Gasteiger partial charge in [0.25, 0.3) is 0 Å². The second kappa shape index (κ2) is 6.30. The number of ether oxygens (including phenoxy) is 1. The van der Waals surface area contributed by atoms with E-state index >= 15 is 0 Å². The fourth-order valence-corrected chi connectivity index (χ4v) is 2.64. The van der Waals surface area contributed by atoms with E-state index in [1.807, 2.05) is 6.92 Å². The number of hydrogen-bond donors (Lipinski definition) is 1. The third-order valence-corrected chi connectivity index (χ3v) is 3.66. The average Bonchev–Trinajstić information content (AvgIpc) is 2.62. The predicted molar refractivity (Wildman–Crippen MR) is 75.6 cm³/mol. The minimum Gasteiger partial charge on any atom is -0.493 e. The largest absolute Gasteiger partial charge is 0.493 e. The van der Waals surface area contributed by atoms with Gasteiger partial charge in [-0.3, -0.25) is 4.90 Å². The van der Waals surface area contributed by atoms with Crippen LogP contribution in [-0.2, 0) is 6.42 Å². The molecule has 0 saturated carbocycles. The van der Waals surface area contributed by atoms with Gasteiger partial charge in [0.05, 0.1) is 18.8 Å². The molecule has 19 heavy (non-hydrogen) atoms. The number of aromatic nitrogens is 2. The molecular weight excluding hydrogens is 240 g/mol. The number of hydrogen-bond acceptors (Lipinski definition) is 5. The van der Waals surface area contributed by atoms with Crippen LogP contribution in [0.25, 0.3) is 0 Å². The average molecular weight is 264 g/mol. The molecule has 2 heterocycles. The third-order valence-electron chi connectivity index (χ3n) is 3.66. The van der Waals surface area contributed by atoms with Gasteiger partial charge in [0.1, 0.15) is 11.5 Å². The third kappa shape index (κ3) is 3.04. The number of rotatable bonds is 3. The van der Waals surface area contributed by atoms with E-state index in [4.69, 9.17) is 4.74 Å². The highest BCUT2D eigenvalue weighted by Crippen LogP contribution is 2.30. The van der Waals surface area contributed by atoms with Crippen molar-refractivity contribution in [3.63, 3.8) is 0 Å². The summed E-state index contributed by atoms with van der Waals surface area (Å²) in [7, 11) is 3.86. The van der Waals surface area contributed by atoms with E-state index in [-0.39, 0.29) is 6.04 Å². The zero-order chi connectivity index (χ0) is 13.8. The fraction of sp³-hybridized carbons (Fsp3) is 0.714. The van der Waals surface area contributed by atoms with Gasteiger partial charge in [-0.15, -0.1) is 0 Å². The molecule has 1 aromatic heterocycles. The van der Waals surface area contributed by atoms with Crippen LogP contribution in [0.3, 0.4) is 0 Å². The number of likely N-dealkylation sites (N-methyl/N-ethyl adjacent to an activating group) is 1. The lowest BCUT2D eigenvalue weighted by Crippen LogP contribution is -2.31. The molecule has 5 nitrogen and oxygen atoms in total. The Morgan fingerprint density at radius 3 is 2.89 bits per heavy atom. The van der Waals surface area contributed by atoms with Crippen molar-refractivity contribution < 1.29 is 4.74 Å². The molecule has 1 saturated heterocycles. The molecule has 1 N–H and O–H groups in total. The summed E-state index contributed by atoms with van der Waals surface area (Å²) in [6, 6.07) is 0.254. The van der Waals surface area contributed by atoms with Crippen molar-refractivity contribution in [1.29, 1.82) is 0 Å². The Balaban J connectivity index is 2.43. The van der Waals surface area contributed by atoms with Gasteiger partial charge in [-0.1, -0.05) is 6.92 Å². The SMILES string of the molecule is CCc1nc(C)nc(C2CNCCCN2C)c1OC. The predicted octanol–water partition coefficient (Wildman–Crippen LogP) is 1.32. The highest BCUT2D eigenvalue weighted by Gasteiger charge is 2.26. The normalized spacial score (nSPS) is 21.2. The second-order valence-corrected chi connectivity index (χ2v) is 5.04. The van der Waals surface area contributed by atoms with Gasteiger partial charge in [-0.25, -0.2) is 9.97 Å². The first kappa shape index (κ1) is 14.2. The summed E-state index contributed by atoms with van der Waals surface area (Å²) in [6.07, 6.45) is 2.03. The Labute approximate surface area is 115 Å². The van der Waals surface area contributed by atoms with Crippen LogP contribution in [0.4, 0.5) is 0 Å². The fourth-order valence-electron chi connectivity index (χ4n) is 2.64. The van der Waals surface area contributed by atoms with Crippen LogP contribution in [0.2, 0.25) is 0 Å². The summed E-state index contributed by atoms with van der Waals surface area (Å²) in [6.45, 7) is 7.10. The molecule has 0 bridgehead atoms. The summed E-state index contributed by atoms with van der Waals surface area (Å²) >= 11 is 0. The maximum absolute atomic E-state index is 5.59. The van der Waals surface area contributed by atoms with Gasteiger partial charge in [-0.2, -0.15) is 0 Å². The first-order valence-electron chi connectivity index (χ1n) is 6.99.